The van der Waals surface area contributed by atoms with E-state index >= 15 is 0 Å². The zero-order valence-electron chi connectivity index (χ0n) is 13.2. The summed E-state index contributed by atoms with van der Waals surface area (Å²) < 4.78 is 76.6. The molecule has 26 heavy (non-hydrogen) atoms. The lowest BCUT2D eigenvalue weighted by Crippen LogP contribution is -2.14. The molecular formula is C16H11F6N3O. The summed E-state index contributed by atoms with van der Waals surface area (Å²) in [6, 6.07) is 5.48. The Labute approximate surface area is 142 Å². The predicted octanol–water partition coefficient (Wildman–Crippen LogP) is 4.53. The number of halogens is 6. The zero-order chi connectivity index (χ0) is 19.3. The highest BCUT2D eigenvalue weighted by atomic mass is 19.4. The van der Waals surface area contributed by atoms with Crippen molar-refractivity contribution in [1.29, 1.82) is 0 Å². The summed E-state index contributed by atoms with van der Waals surface area (Å²) in [5.74, 6) is -0.706. The molecule has 1 N–H and O–H groups in total. The maximum Gasteiger partial charge on any atom is 0.416 e. The second-order valence-corrected chi connectivity index (χ2v) is 5.67. The minimum atomic E-state index is -4.54. The van der Waals surface area contributed by atoms with Gasteiger partial charge in [0.25, 0.3) is 0 Å². The topological polar surface area (TPSA) is 50.4 Å². The molecule has 3 aromatic rings. The Hall–Kier alpha value is -2.78. The van der Waals surface area contributed by atoms with Gasteiger partial charge in [0.2, 0.25) is 5.88 Å². The molecule has 0 saturated heterocycles. The van der Waals surface area contributed by atoms with Gasteiger partial charge in [0.15, 0.2) is 5.65 Å². The minimum Gasteiger partial charge on any atom is -0.493 e. The smallest absolute Gasteiger partial charge is 0.416 e. The maximum atomic E-state index is 12.6. The zero-order valence-corrected chi connectivity index (χ0v) is 13.2. The molecule has 0 aliphatic heterocycles. The van der Waals surface area contributed by atoms with E-state index in [0.717, 1.165) is 16.6 Å². The normalized spacial score (nSPS) is 12.7. The third-order valence-electron chi connectivity index (χ3n) is 3.77. The molecule has 0 atom stereocenters. The summed E-state index contributed by atoms with van der Waals surface area (Å²) in [4.78, 5) is 3.98. The van der Waals surface area contributed by atoms with Gasteiger partial charge in [0.1, 0.15) is 0 Å². The second kappa shape index (κ2) is 5.89. The number of benzene rings is 1. The number of alkyl halides is 6. The van der Waals surface area contributed by atoms with Gasteiger partial charge in [-0.15, -0.1) is 0 Å². The number of hydrogen-bond acceptors (Lipinski definition) is 3. The van der Waals surface area contributed by atoms with Gasteiger partial charge < -0.3 is 5.11 Å². The molecule has 2 heterocycles. The Balaban J connectivity index is 2.06. The van der Waals surface area contributed by atoms with Gasteiger partial charge in [0.05, 0.1) is 17.7 Å². The van der Waals surface area contributed by atoms with Crippen LogP contribution in [0.25, 0.3) is 16.9 Å². The lowest BCUT2D eigenvalue weighted by atomic mass is 10.1. The molecule has 0 bridgehead atoms. The van der Waals surface area contributed by atoms with Crippen LogP contribution < -0.4 is 0 Å². The molecule has 0 radical (unpaired) electrons. The van der Waals surface area contributed by atoms with Gasteiger partial charge in [-0.05, 0) is 19.1 Å². The summed E-state index contributed by atoms with van der Waals surface area (Å²) >= 11 is 0. The minimum absolute atomic E-state index is 0.00815. The third-order valence-corrected chi connectivity index (χ3v) is 3.77. The number of aryl methyl sites for hydroxylation is 1. The fourth-order valence-corrected chi connectivity index (χ4v) is 2.51. The Morgan fingerprint density at radius 3 is 2.19 bits per heavy atom. The molecule has 4 nitrogen and oxygen atoms in total. The lowest BCUT2D eigenvalue weighted by Gasteiger charge is -2.11. The van der Waals surface area contributed by atoms with E-state index in [9.17, 15) is 31.4 Å². The number of rotatable bonds is 2. The van der Waals surface area contributed by atoms with Crippen molar-refractivity contribution in [2.45, 2.75) is 25.7 Å². The highest BCUT2D eigenvalue weighted by Crippen LogP contribution is 2.32. The Morgan fingerprint density at radius 2 is 1.65 bits per heavy atom. The standard InChI is InChI=1S/C16H11F6N3O/c1-8-11(7-15(17,18)19)14(26)25-13(23-8)6-12(24-25)9-2-4-10(5-3-9)16(20,21)22/h2-6,26H,7H2,1H3. The average Bonchev–Trinajstić information content (AvgIpc) is 2.94. The van der Waals surface area contributed by atoms with Crippen LogP contribution in [0.5, 0.6) is 5.88 Å². The highest BCUT2D eigenvalue weighted by Gasteiger charge is 2.32. The van der Waals surface area contributed by atoms with Crippen LogP contribution >= 0.6 is 0 Å². The molecule has 1 aromatic carbocycles. The fraction of sp³-hybridized carbons (Fsp3) is 0.250. The van der Waals surface area contributed by atoms with Crippen molar-refractivity contribution in [2.24, 2.45) is 0 Å². The van der Waals surface area contributed by atoms with Crippen LogP contribution in [0.15, 0.2) is 30.3 Å². The summed E-state index contributed by atoms with van der Waals surface area (Å²) in [7, 11) is 0. The molecule has 0 aliphatic rings. The molecule has 138 valence electrons. The van der Waals surface area contributed by atoms with Crippen molar-refractivity contribution in [3.05, 3.63) is 47.2 Å². The van der Waals surface area contributed by atoms with E-state index < -0.39 is 35.8 Å². The number of hydrogen-bond donors (Lipinski definition) is 1. The van der Waals surface area contributed by atoms with Crippen molar-refractivity contribution >= 4 is 5.65 Å². The number of nitrogens with zero attached hydrogens (tertiary/aromatic N) is 3. The van der Waals surface area contributed by atoms with Crippen molar-refractivity contribution in [3.8, 4) is 17.1 Å². The van der Waals surface area contributed by atoms with E-state index in [2.05, 4.69) is 10.1 Å². The van der Waals surface area contributed by atoms with Crippen LogP contribution in [0.2, 0.25) is 0 Å². The van der Waals surface area contributed by atoms with Gasteiger partial charge in [-0.2, -0.15) is 36.0 Å². The van der Waals surface area contributed by atoms with E-state index in [0.29, 0.717) is 5.56 Å². The Morgan fingerprint density at radius 1 is 1.04 bits per heavy atom. The molecule has 0 amide bonds. The van der Waals surface area contributed by atoms with E-state index in [1.165, 1.54) is 25.1 Å². The van der Waals surface area contributed by atoms with Crippen LogP contribution in [0.1, 0.15) is 16.8 Å². The van der Waals surface area contributed by atoms with E-state index in [1.54, 1.807) is 0 Å². The van der Waals surface area contributed by atoms with Crippen LogP contribution in [0.4, 0.5) is 26.3 Å². The van der Waals surface area contributed by atoms with Crippen molar-refractivity contribution in [2.75, 3.05) is 0 Å². The molecule has 0 spiro atoms. The molecule has 0 aliphatic carbocycles. The maximum absolute atomic E-state index is 12.6. The average molecular weight is 375 g/mol. The van der Waals surface area contributed by atoms with Gasteiger partial charge in [-0.1, -0.05) is 12.1 Å². The van der Waals surface area contributed by atoms with Crippen LogP contribution in [0, 0.1) is 6.92 Å². The molecule has 3 rings (SSSR count). The molecular weight excluding hydrogens is 364 g/mol. The van der Waals surface area contributed by atoms with Crippen molar-refractivity contribution in [3.63, 3.8) is 0 Å². The van der Waals surface area contributed by atoms with Gasteiger partial charge >= 0.3 is 12.4 Å². The first-order valence-corrected chi connectivity index (χ1v) is 7.28. The quantitative estimate of drug-likeness (QED) is 0.670. The second-order valence-electron chi connectivity index (χ2n) is 5.67. The van der Waals surface area contributed by atoms with Crippen molar-refractivity contribution in [1.82, 2.24) is 14.6 Å². The van der Waals surface area contributed by atoms with Crippen LogP contribution in [0.3, 0.4) is 0 Å². The predicted molar refractivity (Wildman–Crippen MR) is 79.6 cm³/mol. The van der Waals surface area contributed by atoms with Gasteiger partial charge in [-0.3, -0.25) is 0 Å². The first-order valence-electron chi connectivity index (χ1n) is 7.28. The van der Waals surface area contributed by atoms with Crippen LogP contribution in [-0.4, -0.2) is 25.9 Å². The first kappa shape index (κ1) is 18.0. The third kappa shape index (κ3) is 3.44. The summed E-state index contributed by atoms with van der Waals surface area (Å²) in [5, 5.41) is 14.1. The Kier molecular flexibility index (Phi) is 4.08. The molecule has 0 fully saturated rings. The highest BCUT2D eigenvalue weighted by molar-refractivity contribution is 5.65. The Bertz CT molecular complexity index is 957. The monoisotopic (exact) mass is 375 g/mol. The number of aromatic nitrogens is 3. The van der Waals surface area contributed by atoms with E-state index in [4.69, 9.17) is 0 Å². The summed E-state index contributed by atoms with van der Waals surface area (Å²) in [5.41, 5.74) is -0.698. The molecule has 0 unspecified atom stereocenters. The number of fused-ring (bicyclic) bond motifs is 1. The molecule has 10 heteroatoms. The van der Waals surface area contributed by atoms with Gasteiger partial charge in [-0.25, -0.2) is 4.98 Å². The SMILES string of the molecule is Cc1nc2cc(-c3ccc(C(F)(F)F)cc3)nn2c(O)c1CC(F)(F)F. The molecule has 0 saturated carbocycles. The first-order chi connectivity index (χ1) is 12.0. The van der Waals surface area contributed by atoms with E-state index in [-0.39, 0.29) is 17.0 Å². The lowest BCUT2D eigenvalue weighted by molar-refractivity contribution is -0.137. The van der Waals surface area contributed by atoms with Crippen molar-refractivity contribution < 1.29 is 31.4 Å². The van der Waals surface area contributed by atoms with Crippen LogP contribution in [-0.2, 0) is 12.6 Å². The fourth-order valence-electron chi connectivity index (χ4n) is 2.51. The summed E-state index contributed by atoms with van der Waals surface area (Å²) in [6.07, 6.45) is -10.4. The summed E-state index contributed by atoms with van der Waals surface area (Å²) in [6.45, 7) is 1.32. The largest absolute Gasteiger partial charge is 0.493 e. The van der Waals surface area contributed by atoms with E-state index in [1.807, 2.05) is 0 Å². The molecule has 2 aromatic heterocycles. The van der Waals surface area contributed by atoms with Gasteiger partial charge in [0, 0.05) is 22.9 Å². The number of aromatic hydroxyl groups is 1.